The Balaban J connectivity index is 0. The van der Waals surface area contributed by atoms with Gasteiger partial charge < -0.3 is 0 Å². The van der Waals surface area contributed by atoms with Gasteiger partial charge in [0.05, 0.1) is 6.54 Å². The van der Waals surface area contributed by atoms with Gasteiger partial charge in [0, 0.05) is 0 Å². The second kappa shape index (κ2) is 17.0. The molecule has 0 aromatic rings. The molecule has 2 nitrogen and oxygen atoms in total. The van der Waals surface area contributed by atoms with E-state index in [1.807, 2.05) is 0 Å². The van der Waals surface area contributed by atoms with E-state index in [-0.39, 0.29) is 29.6 Å². The molecular formula is C12H26NNaO. The molecular weight excluding hydrogens is 197 g/mol. The average molecular weight is 223 g/mol. The van der Waals surface area contributed by atoms with E-state index in [0.717, 1.165) is 6.42 Å². The second-order valence-corrected chi connectivity index (χ2v) is 4.03. The summed E-state index contributed by atoms with van der Waals surface area (Å²) in [4.78, 5) is 9.79. The van der Waals surface area contributed by atoms with Crippen molar-refractivity contribution in [3.05, 3.63) is 4.91 Å². The quantitative estimate of drug-likeness (QED) is 0.295. The number of nitroso groups, excluding NO2 is 1. The van der Waals surface area contributed by atoms with Gasteiger partial charge in [0.1, 0.15) is 0 Å². The maximum atomic E-state index is 9.79. The van der Waals surface area contributed by atoms with Crippen LogP contribution in [0.4, 0.5) is 0 Å². The van der Waals surface area contributed by atoms with Crippen LogP contribution in [0.1, 0.15) is 71.1 Å². The fraction of sp³-hybridized carbons (Fsp3) is 1.00. The third-order valence-electron chi connectivity index (χ3n) is 2.60. The van der Waals surface area contributed by atoms with Crippen LogP contribution in [0.25, 0.3) is 0 Å². The first-order chi connectivity index (χ1) is 6.91. The molecule has 0 aromatic carbocycles. The number of nitrogens with zero attached hydrogens (tertiary/aromatic N) is 1. The van der Waals surface area contributed by atoms with Crippen molar-refractivity contribution in [3.63, 3.8) is 0 Å². The molecule has 3 heteroatoms. The van der Waals surface area contributed by atoms with Crippen molar-refractivity contribution in [1.82, 2.24) is 0 Å². The van der Waals surface area contributed by atoms with Crippen LogP contribution >= 0.6 is 0 Å². The van der Waals surface area contributed by atoms with Gasteiger partial charge in [-0.2, -0.15) is 4.91 Å². The minimum atomic E-state index is 0. The summed E-state index contributed by atoms with van der Waals surface area (Å²) in [5.74, 6) is 0. The molecule has 0 aromatic heterocycles. The third kappa shape index (κ3) is 17.2. The van der Waals surface area contributed by atoms with Crippen LogP contribution in [0.15, 0.2) is 5.18 Å². The molecule has 15 heavy (non-hydrogen) atoms. The summed E-state index contributed by atoms with van der Waals surface area (Å²) >= 11 is 0. The molecule has 0 saturated carbocycles. The molecule has 0 aliphatic heterocycles. The van der Waals surface area contributed by atoms with Crippen LogP contribution in [0.3, 0.4) is 0 Å². The van der Waals surface area contributed by atoms with Crippen molar-refractivity contribution >= 4 is 29.6 Å². The third-order valence-corrected chi connectivity index (χ3v) is 2.60. The van der Waals surface area contributed by atoms with Crippen molar-refractivity contribution in [2.24, 2.45) is 5.18 Å². The first-order valence-corrected chi connectivity index (χ1v) is 6.21. The molecule has 0 aliphatic rings. The van der Waals surface area contributed by atoms with E-state index < -0.39 is 0 Å². The van der Waals surface area contributed by atoms with Gasteiger partial charge in [-0.3, -0.25) is 0 Å². The molecule has 0 fully saturated rings. The second-order valence-electron chi connectivity index (χ2n) is 4.03. The van der Waals surface area contributed by atoms with Crippen molar-refractivity contribution in [2.45, 2.75) is 71.1 Å². The molecule has 0 rings (SSSR count). The van der Waals surface area contributed by atoms with Crippen molar-refractivity contribution in [2.75, 3.05) is 6.54 Å². The molecule has 86 valence electrons. The van der Waals surface area contributed by atoms with E-state index in [1.165, 1.54) is 57.8 Å². The molecule has 0 heterocycles. The molecule has 0 unspecified atom stereocenters. The van der Waals surface area contributed by atoms with E-state index in [0.29, 0.717) is 6.54 Å². The van der Waals surface area contributed by atoms with Crippen molar-refractivity contribution in [3.8, 4) is 0 Å². The Morgan fingerprint density at radius 2 is 1.13 bits per heavy atom. The van der Waals surface area contributed by atoms with Gasteiger partial charge in [0.15, 0.2) is 0 Å². The number of hydrogen-bond donors (Lipinski definition) is 0. The monoisotopic (exact) mass is 223 g/mol. The molecule has 0 N–H and O–H groups in total. The zero-order valence-corrected chi connectivity index (χ0v) is 9.63. The Labute approximate surface area is 117 Å². The molecule has 0 saturated heterocycles. The van der Waals surface area contributed by atoms with Crippen LogP contribution in [0, 0.1) is 4.91 Å². The van der Waals surface area contributed by atoms with Crippen LogP contribution < -0.4 is 0 Å². The van der Waals surface area contributed by atoms with E-state index in [1.54, 1.807) is 0 Å². The van der Waals surface area contributed by atoms with Gasteiger partial charge in [-0.1, -0.05) is 69.9 Å². The summed E-state index contributed by atoms with van der Waals surface area (Å²) in [5, 5.41) is 2.85. The number of rotatable bonds is 11. The summed E-state index contributed by atoms with van der Waals surface area (Å²) in [6, 6.07) is 0. The van der Waals surface area contributed by atoms with E-state index >= 15 is 0 Å². The van der Waals surface area contributed by atoms with E-state index in [2.05, 4.69) is 12.1 Å². The molecule has 0 aliphatic carbocycles. The summed E-state index contributed by atoms with van der Waals surface area (Å²) in [6.07, 6.45) is 13.1. The normalized spacial score (nSPS) is 9.67. The van der Waals surface area contributed by atoms with Crippen LogP contribution in [-0.2, 0) is 0 Å². The number of hydrogen-bond acceptors (Lipinski definition) is 2. The fourth-order valence-electron chi connectivity index (χ4n) is 1.66. The van der Waals surface area contributed by atoms with Gasteiger partial charge in [-0.15, -0.1) is 0 Å². The Kier molecular flexibility index (Phi) is 20.4. The standard InChI is InChI=1S/C12H25NO.Na.H/c1-2-3-4-5-6-7-8-9-10-11-12-13-14;;/h2-12H2,1H3;;. The maximum absolute atomic E-state index is 9.79. The van der Waals surface area contributed by atoms with Gasteiger partial charge in [-0.25, -0.2) is 0 Å². The Hall–Kier alpha value is 0.600. The molecule has 0 bridgehead atoms. The number of unbranched alkanes of at least 4 members (excludes halogenated alkanes) is 9. The molecule has 0 radical (unpaired) electrons. The van der Waals surface area contributed by atoms with Crippen molar-refractivity contribution in [1.29, 1.82) is 0 Å². The van der Waals surface area contributed by atoms with Gasteiger partial charge in [-0.05, 0) is 6.42 Å². The first-order valence-electron chi connectivity index (χ1n) is 6.21. The Morgan fingerprint density at radius 3 is 1.53 bits per heavy atom. The fourth-order valence-corrected chi connectivity index (χ4v) is 1.66. The van der Waals surface area contributed by atoms with Crippen LogP contribution in [-0.4, -0.2) is 36.1 Å². The zero-order chi connectivity index (χ0) is 10.5. The SMILES string of the molecule is CCCCCCCCCCCCN=O.[NaH]. The molecule has 0 atom stereocenters. The predicted molar refractivity (Wildman–Crippen MR) is 69.7 cm³/mol. The van der Waals surface area contributed by atoms with E-state index in [4.69, 9.17) is 0 Å². The predicted octanol–water partition coefficient (Wildman–Crippen LogP) is 4.03. The summed E-state index contributed by atoms with van der Waals surface area (Å²) in [7, 11) is 0. The molecule has 0 amide bonds. The Morgan fingerprint density at radius 1 is 0.733 bits per heavy atom. The van der Waals surface area contributed by atoms with Crippen LogP contribution in [0.5, 0.6) is 0 Å². The Bertz CT molecular complexity index is 120. The van der Waals surface area contributed by atoms with Gasteiger partial charge in [0.2, 0.25) is 0 Å². The van der Waals surface area contributed by atoms with Gasteiger partial charge >= 0.3 is 29.6 Å². The summed E-state index contributed by atoms with van der Waals surface area (Å²) in [6.45, 7) is 2.76. The first kappa shape index (κ1) is 18.0. The van der Waals surface area contributed by atoms with Crippen LogP contribution in [0.2, 0.25) is 0 Å². The van der Waals surface area contributed by atoms with E-state index in [9.17, 15) is 4.91 Å². The zero-order valence-electron chi connectivity index (χ0n) is 9.63. The topological polar surface area (TPSA) is 29.4 Å². The van der Waals surface area contributed by atoms with Gasteiger partial charge in [0.25, 0.3) is 0 Å². The van der Waals surface area contributed by atoms with Crippen molar-refractivity contribution < 1.29 is 0 Å². The summed E-state index contributed by atoms with van der Waals surface area (Å²) in [5.41, 5.74) is 0. The molecule has 0 spiro atoms. The average Bonchev–Trinajstić information content (AvgIpc) is 2.21. The summed E-state index contributed by atoms with van der Waals surface area (Å²) < 4.78 is 0. The minimum absolute atomic E-state index is 0.